The minimum atomic E-state index is -1.11. The van der Waals surface area contributed by atoms with Crippen molar-refractivity contribution in [3.63, 3.8) is 0 Å². The second-order valence-corrected chi connectivity index (χ2v) is 3.86. The van der Waals surface area contributed by atoms with Crippen LogP contribution in [-0.2, 0) is 4.79 Å². The third-order valence-corrected chi connectivity index (χ3v) is 2.46. The van der Waals surface area contributed by atoms with Crippen LogP contribution in [-0.4, -0.2) is 23.1 Å². The van der Waals surface area contributed by atoms with Gasteiger partial charge < -0.3 is 15.7 Å². The number of nitrogens with one attached hydrogen (secondary N) is 2. The molecule has 0 aromatic heterocycles. The average Bonchev–Trinajstić information content (AvgIpc) is 2.30. The third-order valence-electron chi connectivity index (χ3n) is 2.46. The molecule has 0 radical (unpaired) electrons. The van der Waals surface area contributed by atoms with Crippen LogP contribution in [0.15, 0.2) is 18.2 Å². The number of amides is 2. The number of carbonyl (C=O) groups is 2. The fourth-order valence-electron chi connectivity index (χ4n) is 1.38. The predicted octanol–water partition coefficient (Wildman–Crippen LogP) is 2.12. The molecule has 0 aliphatic carbocycles. The Labute approximate surface area is 104 Å². The maximum Gasteiger partial charge on any atom is 0.326 e. The molecule has 0 bridgehead atoms. The molecule has 0 fully saturated rings. The minimum absolute atomic E-state index is 0.269. The number of halogens is 1. The summed E-state index contributed by atoms with van der Waals surface area (Å²) in [4.78, 5) is 22.3. The summed E-state index contributed by atoms with van der Waals surface area (Å²) < 4.78 is 13.0. The molecule has 18 heavy (non-hydrogen) atoms. The Morgan fingerprint density at radius 3 is 2.67 bits per heavy atom. The Morgan fingerprint density at radius 2 is 2.11 bits per heavy atom. The standard InChI is InChI=1S/C12H15FN2O3/c1-3-9(11(16)17)14-12(18)15-10-6-8(13)5-4-7(10)2/h4-6,9H,3H2,1-2H3,(H,16,17)(H2,14,15,18). The van der Waals surface area contributed by atoms with E-state index in [1.807, 2.05) is 0 Å². The maximum absolute atomic E-state index is 13.0. The summed E-state index contributed by atoms with van der Waals surface area (Å²) in [6.07, 6.45) is 0.269. The van der Waals surface area contributed by atoms with E-state index < -0.39 is 23.9 Å². The molecule has 0 heterocycles. The molecule has 3 N–H and O–H groups in total. The van der Waals surface area contributed by atoms with Gasteiger partial charge in [0.05, 0.1) is 0 Å². The van der Waals surface area contributed by atoms with Gasteiger partial charge in [0.15, 0.2) is 0 Å². The van der Waals surface area contributed by atoms with Crippen molar-refractivity contribution in [3.8, 4) is 0 Å². The number of hydrogen-bond acceptors (Lipinski definition) is 2. The van der Waals surface area contributed by atoms with Crippen LogP contribution in [0, 0.1) is 12.7 Å². The normalized spacial score (nSPS) is 11.7. The number of anilines is 1. The van der Waals surface area contributed by atoms with Gasteiger partial charge in [-0.05, 0) is 31.0 Å². The van der Waals surface area contributed by atoms with Crippen LogP contribution in [0.25, 0.3) is 0 Å². The topological polar surface area (TPSA) is 78.4 Å². The molecule has 1 atom stereocenters. The van der Waals surface area contributed by atoms with Gasteiger partial charge in [-0.3, -0.25) is 0 Å². The van der Waals surface area contributed by atoms with E-state index in [9.17, 15) is 14.0 Å². The second kappa shape index (κ2) is 6.00. The van der Waals surface area contributed by atoms with Gasteiger partial charge >= 0.3 is 12.0 Å². The van der Waals surface area contributed by atoms with E-state index >= 15 is 0 Å². The van der Waals surface area contributed by atoms with Crippen LogP contribution in [0.2, 0.25) is 0 Å². The fourth-order valence-corrected chi connectivity index (χ4v) is 1.38. The summed E-state index contributed by atoms with van der Waals surface area (Å²) >= 11 is 0. The number of aryl methyl sites for hydroxylation is 1. The molecule has 2 amide bonds. The number of rotatable bonds is 4. The van der Waals surface area contributed by atoms with Crippen molar-refractivity contribution in [2.75, 3.05) is 5.32 Å². The van der Waals surface area contributed by atoms with Crippen LogP contribution in [0.4, 0.5) is 14.9 Å². The predicted molar refractivity (Wildman–Crippen MR) is 65.0 cm³/mol. The first kappa shape index (κ1) is 14.0. The first-order chi connectivity index (χ1) is 8.43. The molecular weight excluding hydrogens is 239 g/mol. The zero-order chi connectivity index (χ0) is 13.7. The van der Waals surface area contributed by atoms with Crippen molar-refractivity contribution >= 4 is 17.7 Å². The Hall–Kier alpha value is -2.11. The van der Waals surface area contributed by atoms with E-state index in [4.69, 9.17) is 5.11 Å². The summed E-state index contributed by atoms with van der Waals surface area (Å²) in [5.41, 5.74) is 1.00. The van der Waals surface area contributed by atoms with E-state index in [0.29, 0.717) is 11.3 Å². The zero-order valence-corrected chi connectivity index (χ0v) is 10.2. The van der Waals surface area contributed by atoms with E-state index in [0.717, 1.165) is 0 Å². The van der Waals surface area contributed by atoms with Gasteiger partial charge in [-0.2, -0.15) is 0 Å². The highest BCUT2D eigenvalue weighted by Crippen LogP contribution is 2.15. The van der Waals surface area contributed by atoms with Crippen molar-refractivity contribution in [3.05, 3.63) is 29.6 Å². The molecule has 0 saturated carbocycles. The molecule has 0 spiro atoms. The number of aliphatic carboxylic acids is 1. The lowest BCUT2D eigenvalue weighted by atomic mass is 10.2. The highest BCUT2D eigenvalue weighted by Gasteiger charge is 2.17. The molecule has 5 nitrogen and oxygen atoms in total. The van der Waals surface area contributed by atoms with E-state index in [1.54, 1.807) is 13.8 Å². The largest absolute Gasteiger partial charge is 0.480 e. The van der Waals surface area contributed by atoms with Crippen LogP contribution < -0.4 is 10.6 Å². The maximum atomic E-state index is 13.0. The molecule has 1 aromatic carbocycles. The number of urea groups is 1. The number of carboxylic acid groups (broad SMARTS) is 1. The molecule has 1 rings (SSSR count). The SMILES string of the molecule is CCC(NC(=O)Nc1cc(F)ccc1C)C(=O)O. The van der Waals surface area contributed by atoms with E-state index in [2.05, 4.69) is 10.6 Å². The summed E-state index contributed by atoms with van der Waals surface area (Å²) in [7, 11) is 0. The van der Waals surface area contributed by atoms with Gasteiger partial charge in [-0.15, -0.1) is 0 Å². The smallest absolute Gasteiger partial charge is 0.326 e. The van der Waals surface area contributed by atoms with Crippen LogP contribution in [0.1, 0.15) is 18.9 Å². The number of carboxylic acids is 1. The highest BCUT2D eigenvalue weighted by atomic mass is 19.1. The van der Waals surface area contributed by atoms with Crippen LogP contribution >= 0.6 is 0 Å². The molecule has 98 valence electrons. The van der Waals surface area contributed by atoms with Crippen molar-refractivity contribution in [2.45, 2.75) is 26.3 Å². The van der Waals surface area contributed by atoms with Gasteiger partial charge in [0.1, 0.15) is 11.9 Å². The molecule has 6 heteroatoms. The van der Waals surface area contributed by atoms with Gasteiger partial charge in [0.25, 0.3) is 0 Å². The molecule has 1 aromatic rings. The van der Waals surface area contributed by atoms with Gasteiger partial charge in [-0.25, -0.2) is 14.0 Å². The average molecular weight is 254 g/mol. The van der Waals surface area contributed by atoms with Gasteiger partial charge in [0, 0.05) is 5.69 Å². The first-order valence-electron chi connectivity index (χ1n) is 5.50. The van der Waals surface area contributed by atoms with Crippen molar-refractivity contribution in [2.24, 2.45) is 0 Å². The Balaban J connectivity index is 2.70. The lowest BCUT2D eigenvalue weighted by Crippen LogP contribution is -2.42. The lowest BCUT2D eigenvalue weighted by molar-refractivity contribution is -0.139. The summed E-state index contributed by atoms with van der Waals surface area (Å²) in [5, 5.41) is 13.5. The highest BCUT2D eigenvalue weighted by molar-refractivity contribution is 5.92. The third kappa shape index (κ3) is 3.73. The molecule has 0 saturated heterocycles. The van der Waals surface area contributed by atoms with Gasteiger partial charge in [-0.1, -0.05) is 13.0 Å². The van der Waals surface area contributed by atoms with Crippen molar-refractivity contribution < 1.29 is 19.1 Å². The van der Waals surface area contributed by atoms with Crippen LogP contribution in [0.5, 0.6) is 0 Å². The zero-order valence-electron chi connectivity index (χ0n) is 10.2. The minimum Gasteiger partial charge on any atom is -0.480 e. The van der Waals surface area contributed by atoms with E-state index in [-0.39, 0.29) is 6.42 Å². The second-order valence-electron chi connectivity index (χ2n) is 3.86. The number of carbonyl (C=O) groups excluding carboxylic acids is 1. The summed E-state index contributed by atoms with van der Waals surface area (Å²) in [5.74, 6) is -1.58. The molecule has 1 unspecified atom stereocenters. The molecular formula is C12H15FN2O3. The monoisotopic (exact) mass is 254 g/mol. The molecule has 0 aliphatic heterocycles. The van der Waals surface area contributed by atoms with E-state index in [1.165, 1.54) is 18.2 Å². The fraction of sp³-hybridized carbons (Fsp3) is 0.333. The Morgan fingerprint density at radius 1 is 1.44 bits per heavy atom. The Bertz CT molecular complexity index is 463. The quantitative estimate of drug-likeness (QED) is 0.770. The summed E-state index contributed by atoms with van der Waals surface area (Å²) in [6, 6.07) is 2.36. The molecule has 0 aliphatic rings. The Kier molecular flexibility index (Phi) is 4.65. The van der Waals surface area contributed by atoms with Crippen molar-refractivity contribution in [1.82, 2.24) is 5.32 Å². The number of benzene rings is 1. The first-order valence-corrected chi connectivity index (χ1v) is 5.50. The summed E-state index contributed by atoms with van der Waals surface area (Å²) in [6.45, 7) is 3.36. The van der Waals surface area contributed by atoms with Crippen LogP contribution in [0.3, 0.4) is 0 Å². The lowest BCUT2D eigenvalue weighted by Gasteiger charge is -2.14. The number of hydrogen-bond donors (Lipinski definition) is 3. The van der Waals surface area contributed by atoms with Gasteiger partial charge in [0.2, 0.25) is 0 Å². The van der Waals surface area contributed by atoms with Crippen molar-refractivity contribution in [1.29, 1.82) is 0 Å².